The van der Waals surface area contributed by atoms with Gasteiger partial charge < -0.3 is 9.52 Å². The van der Waals surface area contributed by atoms with Gasteiger partial charge in [-0.05, 0) is 6.92 Å². The van der Waals surface area contributed by atoms with Crippen LogP contribution in [0.3, 0.4) is 0 Å². The van der Waals surface area contributed by atoms with Gasteiger partial charge in [-0.2, -0.15) is 9.90 Å². The molecule has 1 N–H and O–H groups in total. The molecule has 0 aliphatic carbocycles. The van der Waals surface area contributed by atoms with E-state index in [9.17, 15) is 4.79 Å². The van der Waals surface area contributed by atoms with Gasteiger partial charge in [-0.15, -0.1) is 5.10 Å². The minimum atomic E-state index is -1.12. The summed E-state index contributed by atoms with van der Waals surface area (Å²) in [6, 6.07) is 0. The molecule has 2 aromatic rings. The van der Waals surface area contributed by atoms with Crippen molar-refractivity contribution < 1.29 is 14.3 Å². The zero-order chi connectivity index (χ0) is 11.0. The molecule has 2 rings (SSSR count). The number of hydrogen-bond donors (Lipinski definition) is 1. The molecule has 2 aromatic heterocycles. The topological polar surface area (TPSA) is 94.0 Å². The fourth-order valence-electron chi connectivity index (χ4n) is 1.15. The highest BCUT2D eigenvalue weighted by molar-refractivity contribution is 5.86. The summed E-state index contributed by atoms with van der Waals surface area (Å²) < 4.78 is 5.17. The van der Waals surface area contributed by atoms with Crippen LogP contribution in [0.25, 0.3) is 11.6 Å². The van der Waals surface area contributed by atoms with E-state index >= 15 is 0 Å². The van der Waals surface area contributed by atoms with E-state index in [1.54, 1.807) is 7.05 Å². The molecule has 0 aliphatic heterocycles. The van der Waals surface area contributed by atoms with Crippen molar-refractivity contribution in [2.24, 2.45) is 7.05 Å². The van der Waals surface area contributed by atoms with Gasteiger partial charge in [0.2, 0.25) is 5.89 Å². The summed E-state index contributed by atoms with van der Waals surface area (Å²) >= 11 is 0. The van der Waals surface area contributed by atoms with Crippen LogP contribution in [0.5, 0.6) is 0 Å². The molecule has 0 amide bonds. The number of carboxylic acids is 1. The van der Waals surface area contributed by atoms with E-state index in [1.165, 1.54) is 17.9 Å². The first-order valence-corrected chi connectivity index (χ1v) is 4.15. The van der Waals surface area contributed by atoms with Crippen molar-refractivity contribution in [2.75, 3.05) is 0 Å². The Hall–Kier alpha value is -2.18. The molecule has 0 fully saturated rings. The molecule has 0 aromatic carbocycles. The van der Waals surface area contributed by atoms with E-state index in [0.717, 1.165) is 0 Å². The summed E-state index contributed by atoms with van der Waals surface area (Å²) in [4.78, 5) is 15.9. The molecular formula is C8H8N4O3. The zero-order valence-electron chi connectivity index (χ0n) is 8.13. The Morgan fingerprint density at radius 2 is 2.33 bits per heavy atom. The van der Waals surface area contributed by atoms with Gasteiger partial charge >= 0.3 is 5.97 Å². The van der Waals surface area contributed by atoms with E-state index in [0.29, 0.717) is 5.69 Å². The standard InChI is InChI=1S/C8H8N4O3/c1-4-6(8(13)14)10-7(15-4)5-3-9-12(2)11-5/h3H,1-2H3,(H,13,14). The van der Waals surface area contributed by atoms with Crippen molar-refractivity contribution in [3.63, 3.8) is 0 Å². The van der Waals surface area contributed by atoms with Crippen LogP contribution in [0, 0.1) is 6.92 Å². The molecule has 0 radical (unpaired) electrons. The van der Waals surface area contributed by atoms with Crippen LogP contribution in [0.15, 0.2) is 10.6 Å². The maximum atomic E-state index is 10.7. The first kappa shape index (κ1) is 9.38. The third kappa shape index (κ3) is 1.58. The first-order chi connectivity index (χ1) is 7.08. The fourth-order valence-corrected chi connectivity index (χ4v) is 1.15. The summed E-state index contributed by atoms with van der Waals surface area (Å²) in [6.07, 6.45) is 1.46. The Morgan fingerprint density at radius 3 is 2.80 bits per heavy atom. The predicted molar refractivity (Wildman–Crippen MR) is 48.2 cm³/mol. The van der Waals surface area contributed by atoms with Crippen molar-refractivity contribution in [3.8, 4) is 11.6 Å². The summed E-state index contributed by atoms with van der Waals surface area (Å²) in [5, 5.41) is 16.6. The highest BCUT2D eigenvalue weighted by Gasteiger charge is 2.18. The Labute approximate surface area is 84.3 Å². The van der Waals surface area contributed by atoms with Crippen molar-refractivity contribution in [1.29, 1.82) is 0 Å². The third-order valence-electron chi connectivity index (χ3n) is 1.82. The molecule has 0 aliphatic rings. The second kappa shape index (κ2) is 3.19. The van der Waals surface area contributed by atoms with E-state index in [2.05, 4.69) is 15.2 Å². The largest absolute Gasteiger partial charge is 0.476 e. The maximum absolute atomic E-state index is 10.7. The molecule has 0 saturated carbocycles. The number of aromatic nitrogens is 4. The Kier molecular flexibility index (Phi) is 2.00. The van der Waals surface area contributed by atoms with Crippen molar-refractivity contribution in [3.05, 3.63) is 17.7 Å². The van der Waals surface area contributed by atoms with E-state index < -0.39 is 5.97 Å². The number of oxazole rings is 1. The lowest BCUT2D eigenvalue weighted by molar-refractivity contribution is 0.0689. The second-order valence-electron chi connectivity index (χ2n) is 2.95. The van der Waals surface area contributed by atoms with E-state index in [-0.39, 0.29) is 17.3 Å². The van der Waals surface area contributed by atoms with Gasteiger partial charge in [0.15, 0.2) is 11.4 Å². The van der Waals surface area contributed by atoms with Crippen LogP contribution < -0.4 is 0 Å². The number of carboxylic acid groups (broad SMARTS) is 1. The van der Waals surface area contributed by atoms with Gasteiger partial charge in [-0.25, -0.2) is 9.78 Å². The second-order valence-corrected chi connectivity index (χ2v) is 2.95. The van der Waals surface area contributed by atoms with Crippen LogP contribution in [0.1, 0.15) is 16.2 Å². The van der Waals surface area contributed by atoms with E-state index in [1.807, 2.05) is 0 Å². The lowest BCUT2D eigenvalue weighted by atomic mass is 10.4. The minimum Gasteiger partial charge on any atom is -0.476 e. The molecule has 78 valence electrons. The third-order valence-corrected chi connectivity index (χ3v) is 1.82. The normalized spacial score (nSPS) is 10.5. The van der Waals surface area contributed by atoms with Gasteiger partial charge in [-0.1, -0.05) is 0 Å². The summed E-state index contributed by atoms with van der Waals surface area (Å²) in [5.74, 6) is -0.701. The quantitative estimate of drug-likeness (QED) is 0.771. The van der Waals surface area contributed by atoms with Crippen molar-refractivity contribution in [2.45, 2.75) is 6.92 Å². The van der Waals surface area contributed by atoms with Crippen LogP contribution in [0.4, 0.5) is 0 Å². The summed E-state index contributed by atoms with van der Waals surface area (Å²) in [6.45, 7) is 1.54. The lowest BCUT2D eigenvalue weighted by Crippen LogP contribution is -1.98. The SMILES string of the molecule is Cc1oc(-c2cnn(C)n2)nc1C(=O)O. The molecule has 2 heterocycles. The summed E-state index contributed by atoms with van der Waals surface area (Å²) in [5.41, 5.74) is 0.309. The van der Waals surface area contributed by atoms with Gasteiger partial charge in [-0.3, -0.25) is 0 Å². The first-order valence-electron chi connectivity index (χ1n) is 4.15. The number of carbonyl (C=O) groups is 1. The van der Waals surface area contributed by atoms with Crippen molar-refractivity contribution in [1.82, 2.24) is 20.0 Å². The van der Waals surface area contributed by atoms with Crippen LogP contribution in [-0.2, 0) is 7.05 Å². The Morgan fingerprint density at radius 1 is 1.60 bits per heavy atom. The number of nitrogens with zero attached hydrogens (tertiary/aromatic N) is 4. The van der Waals surface area contributed by atoms with E-state index in [4.69, 9.17) is 9.52 Å². The number of aromatic carboxylic acids is 1. The Bertz CT molecular complexity index is 514. The highest BCUT2D eigenvalue weighted by atomic mass is 16.4. The monoisotopic (exact) mass is 208 g/mol. The molecule has 0 unspecified atom stereocenters. The number of rotatable bonds is 2. The molecule has 15 heavy (non-hydrogen) atoms. The molecule has 7 nitrogen and oxygen atoms in total. The average molecular weight is 208 g/mol. The number of hydrogen-bond acceptors (Lipinski definition) is 5. The van der Waals surface area contributed by atoms with Crippen LogP contribution in [0.2, 0.25) is 0 Å². The zero-order valence-corrected chi connectivity index (χ0v) is 8.13. The van der Waals surface area contributed by atoms with Gasteiger partial charge in [0.05, 0.1) is 6.20 Å². The van der Waals surface area contributed by atoms with Crippen LogP contribution in [-0.4, -0.2) is 31.1 Å². The molecule has 0 bridgehead atoms. The van der Waals surface area contributed by atoms with Gasteiger partial charge in [0.25, 0.3) is 0 Å². The summed E-state index contributed by atoms with van der Waals surface area (Å²) in [7, 11) is 1.65. The average Bonchev–Trinajstić information content (AvgIpc) is 2.71. The smallest absolute Gasteiger partial charge is 0.358 e. The van der Waals surface area contributed by atoms with Crippen LogP contribution >= 0.6 is 0 Å². The number of aryl methyl sites for hydroxylation is 2. The maximum Gasteiger partial charge on any atom is 0.358 e. The molecular weight excluding hydrogens is 200 g/mol. The Balaban J connectivity index is 2.46. The predicted octanol–water partition coefficient (Wildman–Crippen LogP) is 0.477. The molecule has 0 atom stereocenters. The molecule has 7 heteroatoms. The fraction of sp³-hybridized carbons (Fsp3) is 0.250. The van der Waals surface area contributed by atoms with Crippen molar-refractivity contribution >= 4 is 5.97 Å². The van der Waals surface area contributed by atoms with Gasteiger partial charge in [0, 0.05) is 7.05 Å². The van der Waals surface area contributed by atoms with Gasteiger partial charge in [0.1, 0.15) is 5.76 Å². The molecule has 0 spiro atoms. The minimum absolute atomic E-state index is 0.101. The lowest BCUT2D eigenvalue weighted by Gasteiger charge is -1.84. The molecule has 0 saturated heterocycles. The highest BCUT2D eigenvalue weighted by Crippen LogP contribution is 2.18.